The molecule has 2 aromatic carbocycles. The number of hydrogen-bond donors (Lipinski definition) is 2. The average Bonchev–Trinajstić information content (AvgIpc) is 2.73. The second-order valence-electron chi connectivity index (χ2n) is 6.10. The Hall–Kier alpha value is -3.81. The molecule has 0 aliphatic heterocycles. The summed E-state index contributed by atoms with van der Waals surface area (Å²) in [6.07, 6.45) is 1.43. The van der Waals surface area contributed by atoms with Crippen molar-refractivity contribution in [1.82, 2.24) is 10.3 Å². The van der Waals surface area contributed by atoms with Crippen molar-refractivity contribution in [3.8, 4) is 23.0 Å². The topological polar surface area (TPSA) is 107 Å². The van der Waals surface area contributed by atoms with E-state index in [-0.39, 0.29) is 12.3 Å². The van der Waals surface area contributed by atoms with E-state index in [1.165, 1.54) is 21.3 Å². The Morgan fingerprint density at radius 3 is 2.45 bits per heavy atom. The molecule has 29 heavy (non-hydrogen) atoms. The van der Waals surface area contributed by atoms with Crippen LogP contribution in [0.1, 0.15) is 15.9 Å². The quantitative estimate of drug-likeness (QED) is 0.632. The fourth-order valence-electron chi connectivity index (χ4n) is 2.94. The number of carboxylic acids is 1. The standard InChI is InChI=1S/C21H20N2O6/c1-22-21(26)15-10-14-16(11-19(15)28-3)23-7-6-17(14)29-13-5-4-12(8-20(24)25)18(9-13)27-2/h4-7,9-11H,8H2,1-3H3,(H,22,26)(H,24,25). The largest absolute Gasteiger partial charge is 0.496 e. The number of nitrogens with one attached hydrogen (secondary N) is 1. The lowest BCUT2D eigenvalue weighted by atomic mass is 10.1. The molecule has 1 aromatic heterocycles. The molecule has 0 saturated heterocycles. The van der Waals surface area contributed by atoms with Crippen LogP contribution in [0.4, 0.5) is 0 Å². The summed E-state index contributed by atoms with van der Waals surface area (Å²) in [5.41, 5.74) is 1.50. The first-order valence-electron chi connectivity index (χ1n) is 8.72. The van der Waals surface area contributed by atoms with Crippen LogP contribution in [0.15, 0.2) is 42.6 Å². The van der Waals surface area contributed by atoms with E-state index in [0.29, 0.717) is 45.0 Å². The van der Waals surface area contributed by atoms with Gasteiger partial charge in [-0.2, -0.15) is 0 Å². The third-order valence-corrected chi connectivity index (χ3v) is 4.32. The molecule has 3 rings (SSSR count). The van der Waals surface area contributed by atoms with Gasteiger partial charge in [-0.25, -0.2) is 0 Å². The number of rotatable bonds is 7. The molecule has 8 nitrogen and oxygen atoms in total. The van der Waals surface area contributed by atoms with E-state index in [0.717, 1.165) is 0 Å². The number of hydrogen-bond acceptors (Lipinski definition) is 6. The van der Waals surface area contributed by atoms with Gasteiger partial charge in [0.2, 0.25) is 0 Å². The van der Waals surface area contributed by atoms with Crippen molar-refractivity contribution >= 4 is 22.8 Å². The lowest BCUT2D eigenvalue weighted by Crippen LogP contribution is -2.18. The number of benzene rings is 2. The van der Waals surface area contributed by atoms with E-state index < -0.39 is 5.97 Å². The minimum atomic E-state index is -0.951. The lowest BCUT2D eigenvalue weighted by Gasteiger charge is -2.14. The van der Waals surface area contributed by atoms with E-state index in [1.807, 2.05) is 0 Å². The number of ether oxygens (including phenoxy) is 3. The van der Waals surface area contributed by atoms with Crippen LogP contribution in [-0.4, -0.2) is 43.2 Å². The fraction of sp³-hybridized carbons (Fsp3) is 0.190. The summed E-state index contributed by atoms with van der Waals surface area (Å²) in [4.78, 5) is 27.5. The number of pyridine rings is 1. The highest BCUT2D eigenvalue weighted by molar-refractivity contribution is 6.02. The van der Waals surface area contributed by atoms with Crippen LogP contribution in [0.5, 0.6) is 23.0 Å². The SMILES string of the molecule is CNC(=O)c1cc2c(Oc3ccc(CC(=O)O)c(OC)c3)ccnc2cc1OC. The molecular formula is C21H20N2O6. The number of amides is 1. The minimum absolute atomic E-state index is 0.156. The zero-order valence-corrected chi connectivity index (χ0v) is 16.2. The number of carbonyl (C=O) groups is 2. The summed E-state index contributed by atoms with van der Waals surface area (Å²) in [6, 6.07) is 9.93. The zero-order chi connectivity index (χ0) is 21.0. The van der Waals surface area contributed by atoms with E-state index in [4.69, 9.17) is 19.3 Å². The number of nitrogens with zero attached hydrogens (tertiary/aromatic N) is 1. The van der Waals surface area contributed by atoms with E-state index in [1.54, 1.807) is 42.6 Å². The molecule has 0 spiro atoms. The number of carboxylic acid groups (broad SMARTS) is 1. The van der Waals surface area contributed by atoms with Crippen molar-refractivity contribution in [1.29, 1.82) is 0 Å². The number of aliphatic carboxylic acids is 1. The molecule has 150 valence electrons. The Kier molecular flexibility index (Phi) is 5.82. The van der Waals surface area contributed by atoms with Crippen LogP contribution in [-0.2, 0) is 11.2 Å². The Balaban J connectivity index is 2.04. The van der Waals surface area contributed by atoms with Crippen molar-refractivity contribution in [3.05, 3.63) is 53.7 Å². The van der Waals surface area contributed by atoms with Gasteiger partial charge in [0, 0.05) is 36.3 Å². The van der Waals surface area contributed by atoms with Gasteiger partial charge in [0.1, 0.15) is 23.0 Å². The number of aromatic nitrogens is 1. The van der Waals surface area contributed by atoms with Gasteiger partial charge in [-0.05, 0) is 18.2 Å². The molecule has 1 amide bonds. The Morgan fingerprint density at radius 1 is 1.03 bits per heavy atom. The molecule has 2 N–H and O–H groups in total. The second-order valence-corrected chi connectivity index (χ2v) is 6.10. The maximum Gasteiger partial charge on any atom is 0.307 e. The van der Waals surface area contributed by atoms with Gasteiger partial charge in [-0.15, -0.1) is 0 Å². The first-order chi connectivity index (χ1) is 14.0. The molecule has 0 atom stereocenters. The fourth-order valence-corrected chi connectivity index (χ4v) is 2.94. The van der Waals surface area contributed by atoms with E-state index in [2.05, 4.69) is 10.3 Å². The predicted octanol–water partition coefficient (Wildman–Crippen LogP) is 3.03. The molecule has 0 saturated carbocycles. The third kappa shape index (κ3) is 4.21. The van der Waals surface area contributed by atoms with Crippen molar-refractivity contribution in [2.45, 2.75) is 6.42 Å². The van der Waals surface area contributed by atoms with Gasteiger partial charge < -0.3 is 24.6 Å². The summed E-state index contributed by atoms with van der Waals surface area (Å²) in [5.74, 6) is 0.514. The van der Waals surface area contributed by atoms with Gasteiger partial charge >= 0.3 is 5.97 Å². The van der Waals surface area contributed by atoms with Crippen molar-refractivity contribution in [2.75, 3.05) is 21.3 Å². The Morgan fingerprint density at radius 2 is 1.79 bits per heavy atom. The highest BCUT2D eigenvalue weighted by atomic mass is 16.5. The summed E-state index contributed by atoms with van der Waals surface area (Å²) in [6.45, 7) is 0. The average molecular weight is 396 g/mol. The monoisotopic (exact) mass is 396 g/mol. The van der Waals surface area contributed by atoms with Gasteiger partial charge in [0.05, 0.1) is 31.7 Å². The molecule has 0 radical (unpaired) electrons. The van der Waals surface area contributed by atoms with Crippen LogP contribution in [0.3, 0.4) is 0 Å². The van der Waals surface area contributed by atoms with Crippen molar-refractivity contribution in [3.63, 3.8) is 0 Å². The Labute approximate surface area is 167 Å². The Bertz CT molecular complexity index is 1080. The van der Waals surface area contributed by atoms with Crippen LogP contribution in [0.25, 0.3) is 10.9 Å². The van der Waals surface area contributed by atoms with Crippen LogP contribution in [0, 0.1) is 0 Å². The van der Waals surface area contributed by atoms with Gasteiger partial charge in [-0.1, -0.05) is 6.07 Å². The molecule has 0 bridgehead atoms. The molecular weight excluding hydrogens is 376 g/mol. The van der Waals surface area contributed by atoms with Crippen molar-refractivity contribution in [2.24, 2.45) is 0 Å². The number of carbonyl (C=O) groups excluding carboxylic acids is 1. The van der Waals surface area contributed by atoms with E-state index >= 15 is 0 Å². The third-order valence-electron chi connectivity index (χ3n) is 4.32. The number of methoxy groups -OCH3 is 2. The van der Waals surface area contributed by atoms with Crippen LogP contribution < -0.4 is 19.5 Å². The molecule has 8 heteroatoms. The van der Waals surface area contributed by atoms with Crippen LogP contribution >= 0.6 is 0 Å². The highest BCUT2D eigenvalue weighted by Crippen LogP contribution is 2.35. The predicted molar refractivity (Wildman–Crippen MR) is 106 cm³/mol. The van der Waals surface area contributed by atoms with Gasteiger partial charge in [0.15, 0.2) is 0 Å². The van der Waals surface area contributed by atoms with Crippen molar-refractivity contribution < 1.29 is 28.9 Å². The van der Waals surface area contributed by atoms with Gasteiger partial charge in [0.25, 0.3) is 5.91 Å². The zero-order valence-electron chi connectivity index (χ0n) is 16.2. The normalized spacial score (nSPS) is 10.4. The minimum Gasteiger partial charge on any atom is -0.496 e. The molecule has 3 aromatic rings. The summed E-state index contributed by atoms with van der Waals surface area (Å²) in [7, 11) is 4.49. The maximum atomic E-state index is 12.2. The van der Waals surface area contributed by atoms with Gasteiger partial charge in [-0.3, -0.25) is 14.6 Å². The van der Waals surface area contributed by atoms with E-state index in [9.17, 15) is 9.59 Å². The molecule has 0 aliphatic rings. The second kappa shape index (κ2) is 8.47. The first-order valence-corrected chi connectivity index (χ1v) is 8.72. The first kappa shape index (κ1) is 19.9. The maximum absolute atomic E-state index is 12.2. The molecule has 0 fully saturated rings. The number of fused-ring (bicyclic) bond motifs is 1. The molecule has 0 unspecified atom stereocenters. The summed E-state index contributed by atoms with van der Waals surface area (Å²) >= 11 is 0. The summed E-state index contributed by atoms with van der Waals surface area (Å²) in [5, 5.41) is 12.2. The summed E-state index contributed by atoms with van der Waals surface area (Å²) < 4.78 is 16.6. The molecule has 0 aliphatic carbocycles. The molecule has 1 heterocycles. The smallest absolute Gasteiger partial charge is 0.307 e. The van der Waals surface area contributed by atoms with Crippen LogP contribution in [0.2, 0.25) is 0 Å². The lowest BCUT2D eigenvalue weighted by molar-refractivity contribution is -0.136. The highest BCUT2D eigenvalue weighted by Gasteiger charge is 2.16.